The van der Waals surface area contributed by atoms with Gasteiger partial charge in [-0.15, -0.1) is 0 Å². The Morgan fingerprint density at radius 2 is 2.28 bits per heavy atom. The summed E-state index contributed by atoms with van der Waals surface area (Å²) in [6, 6.07) is 3.39. The Morgan fingerprint density at radius 1 is 1.50 bits per heavy atom. The van der Waals surface area contributed by atoms with Crippen LogP contribution >= 0.6 is 0 Å². The van der Waals surface area contributed by atoms with E-state index in [0.717, 1.165) is 6.54 Å². The molecule has 18 heavy (non-hydrogen) atoms. The molecule has 1 aromatic rings. The van der Waals surface area contributed by atoms with E-state index >= 15 is 0 Å². The van der Waals surface area contributed by atoms with Crippen LogP contribution in [0.5, 0.6) is 0 Å². The van der Waals surface area contributed by atoms with E-state index in [1.807, 2.05) is 19.0 Å². The summed E-state index contributed by atoms with van der Waals surface area (Å²) in [6.07, 6.45) is 1.46. The van der Waals surface area contributed by atoms with Crippen LogP contribution in [0.3, 0.4) is 0 Å². The zero-order chi connectivity index (χ0) is 13.4. The normalized spacial score (nSPS) is 10.6. The van der Waals surface area contributed by atoms with Gasteiger partial charge in [0, 0.05) is 19.3 Å². The second kappa shape index (κ2) is 7.62. The van der Waals surface area contributed by atoms with E-state index in [1.165, 1.54) is 6.20 Å². The van der Waals surface area contributed by atoms with Crippen LogP contribution in [0.15, 0.2) is 18.3 Å². The van der Waals surface area contributed by atoms with E-state index in [4.69, 9.17) is 9.84 Å². The monoisotopic (exact) mass is 253 g/mol. The van der Waals surface area contributed by atoms with E-state index in [2.05, 4.69) is 10.3 Å². The van der Waals surface area contributed by atoms with Crippen LogP contribution in [0.1, 0.15) is 10.5 Å². The SMILES string of the molecule is CN(C)CCOCCNc1cccnc1C(=O)O. The summed E-state index contributed by atoms with van der Waals surface area (Å²) in [7, 11) is 3.97. The molecule has 0 saturated heterocycles. The van der Waals surface area contributed by atoms with Crippen molar-refractivity contribution in [2.75, 3.05) is 45.7 Å². The maximum absolute atomic E-state index is 10.9. The van der Waals surface area contributed by atoms with Crippen LogP contribution in [0.25, 0.3) is 0 Å². The first kappa shape index (κ1) is 14.4. The van der Waals surface area contributed by atoms with Crippen LogP contribution in [-0.2, 0) is 4.74 Å². The smallest absolute Gasteiger partial charge is 0.356 e. The number of pyridine rings is 1. The van der Waals surface area contributed by atoms with Gasteiger partial charge in [0.2, 0.25) is 0 Å². The van der Waals surface area contributed by atoms with Gasteiger partial charge >= 0.3 is 5.97 Å². The average Bonchev–Trinajstić information content (AvgIpc) is 2.33. The lowest BCUT2D eigenvalue weighted by molar-refractivity contribution is 0.0691. The van der Waals surface area contributed by atoms with Gasteiger partial charge in [-0.2, -0.15) is 0 Å². The molecule has 0 bridgehead atoms. The standard InChI is InChI=1S/C12H19N3O3/c1-15(2)7-9-18-8-6-13-10-4-3-5-14-11(10)12(16)17/h3-5,13H,6-9H2,1-2H3,(H,16,17). The number of rotatable bonds is 8. The highest BCUT2D eigenvalue weighted by molar-refractivity contribution is 5.91. The van der Waals surface area contributed by atoms with Crippen molar-refractivity contribution < 1.29 is 14.6 Å². The lowest BCUT2D eigenvalue weighted by Gasteiger charge is -2.11. The van der Waals surface area contributed by atoms with Gasteiger partial charge in [0.15, 0.2) is 5.69 Å². The second-order valence-electron chi connectivity index (χ2n) is 4.05. The van der Waals surface area contributed by atoms with Gasteiger partial charge in [-0.3, -0.25) is 0 Å². The van der Waals surface area contributed by atoms with Gasteiger partial charge in [0.05, 0.1) is 18.9 Å². The number of anilines is 1. The van der Waals surface area contributed by atoms with E-state index in [1.54, 1.807) is 12.1 Å². The molecule has 0 aliphatic carbocycles. The third kappa shape index (κ3) is 5.11. The minimum Gasteiger partial charge on any atom is -0.476 e. The Morgan fingerprint density at radius 3 is 2.94 bits per heavy atom. The van der Waals surface area contributed by atoms with Gasteiger partial charge < -0.3 is 20.1 Å². The van der Waals surface area contributed by atoms with E-state index in [9.17, 15) is 4.79 Å². The van der Waals surface area contributed by atoms with Gasteiger partial charge in [-0.1, -0.05) is 0 Å². The second-order valence-corrected chi connectivity index (χ2v) is 4.05. The zero-order valence-corrected chi connectivity index (χ0v) is 10.7. The lowest BCUT2D eigenvalue weighted by atomic mass is 10.3. The van der Waals surface area contributed by atoms with Crippen molar-refractivity contribution in [1.82, 2.24) is 9.88 Å². The van der Waals surface area contributed by atoms with Crippen LogP contribution in [0.2, 0.25) is 0 Å². The number of likely N-dealkylation sites (N-methyl/N-ethyl adjacent to an activating group) is 1. The van der Waals surface area contributed by atoms with E-state index in [0.29, 0.717) is 25.4 Å². The quantitative estimate of drug-likeness (QED) is 0.667. The van der Waals surface area contributed by atoms with E-state index in [-0.39, 0.29) is 5.69 Å². The van der Waals surface area contributed by atoms with Crippen molar-refractivity contribution in [2.45, 2.75) is 0 Å². The number of aromatic carboxylic acids is 1. The van der Waals surface area contributed by atoms with E-state index < -0.39 is 5.97 Å². The Bertz CT molecular complexity index is 383. The Kier molecular flexibility index (Phi) is 6.10. The number of hydrogen-bond acceptors (Lipinski definition) is 5. The predicted molar refractivity (Wildman–Crippen MR) is 69.1 cm³/mol. The van der Waals surface area contributed by atoms with Crippen molar-refractivity contribution in [3.63, 3.8) is 0 Å². The maximum atomic E-state index is 10.9. The molecule has 2 N–H and O–H groups in total. The third-order valence-electron chi connectivity index (χ3n) is 2.25. The highest BCUT2D eigenvalue weighted by atomic mass is 16.5. The first-order valence-corrected chi connectivity index (χ1v) is 5.76. The molecule has 0 saturated carbocycles. The maximum Gasteiger partial charge on any atom is 0.356 e. The molecule has 1 heterocycles. The molecule has 100 valence electrons. The predicted octanol–water partition coefficient (Wildman–Crippen LogP) is 0.770. The number of hydrogen-bond donors (Lipinski definition) is 2. The number of carbonyl (C=O) groups is 1. The Labute approximate surface area is 107 Å². The summed E-state index contributed by atoms with van der Waals surface area (Å²) in [6.45, 7) is 2.61. The van der Waals surface area contributed by atoms with Crippen LogP contribution in [0.4, 0.5) is 5.69 Å². The summed E-state index contributed by atoms with van der Waals surface area (Å²) < 4.78 is 5.39. The number of carboxylic acid groups (broad SMARTS) is 1. The number of ether oxygens (including phenoxy) is 1. The minimum atomic E-state index is -1.04. The van der Waals surface area contributed by atoms with Crippen molar-refractivity contribution in [3.8, 4) is 0 Å². The molecular weight excluding hydrogens is 234 g/mol. The third-order valence-corrected chi connectivity index (χ3v) is 2.25. The molecule has 0 unspecified atom stereocenters. The number of nitrogens with zero attached hydrogens (tertiary/aromatic N) is 2. The van der Waals surface area contributed by atoms with Crippen molar-refractivity contribution in [3.05, 3.63) is 24.0 Å². The Hall–Kier alpha value is -1.66. The molecule has 1 aromatic heterocycles. The van der Waals surface area contributed by atoms with Crippen LogP contribution in [0, 0.1) is 0 Å². The molecule has 0 fully saturated rings. The lowest BCUT2D eigenvalue weighted by Crippen LogP contribution is -2.20. The first-order valence-electron chi connectivity index (χ1n) is 5.76. The Balaban J connectivity index is 2.29. The molecule has 1 rings (SSSR count). The fourth-order valence-corrected chi connectivity index (χ4v) is 1.33. The minimum absolute atomic E-state index is 0.0331. The van der Waals surface area contributed by atoms with Crippen LogP contribution < -0.4 is 5.32 Å². The van der Waals surface area contributed by atoms with Gasteiger partial charge in [-0.05, 0) is 26.2 Å². The highest BCUT2D eigenvalue weighted by Gasteiger charge is 2.09. The average molecular weight is 253 g/mol. The summed E-state index contributed by atoms with van der Waals surface area (Å²) in [5.74, 6) is -1.04. The number of carboxylic acids is 1. The van der Waals surface area contributed by atoms with Gasteiger partial charge in [0.1, 0.15) is 0 Å². The molecule has 0 atom stereocenters. The van der Waals surface area contributed by atoms with Crippen LogP contribution in [-0.4, -0.2) is 61.4 Å². The summed E-state index contributed by atoms with van der Waals surface area (Å²) in [4.78, 5) is 16.7. The fraction of sp³-hybridized carbons (Fsp3) is 0.500. The fourth-order valence-electron chi connectivity index (χ4n) is 1.33. The van der Waals surface area contributed by atoms with Gasteiger partial charge in [-0.25, -0.2) is 9.78 Å². The molecule has 0 aliphatic rings. The number of aromatic nitrogens is 1. The summed E-state index contributed by atoms with van der Waals surface area (Å²) in [5, 5.41) is 11.9. The van der Waals surface area contributed by atoms with Gasteiger partial charge in [0.25, 0.3) is 0 Å². The molecule has 0 radical (unpaired) electrons. The summed E-state index contributed by atoms with van der Waals surface area (Å²) >= 11 is 0. The molecule has 0 aromatic carbocycles. The summed E-state index contributed by atoms with van der Waals surface area (Å²) in [5.41, 5.74) is 0.548. The molecular formula is C12H19N3O3. The molecule has 6 nitrogen and oxygen atoms in total. The molecule has 0 spiro atoms. The first-order chi connectivity index (χ1) is 8.61. The van der Waals surface area contributed by atoms with Crippen molar-refractivity contribution >= 4 is 11.7 Å². The van der Waals surface area contributed by atoms with Crippen molar-refractivity contribution in [2.24, 2.45) is 0 Å². The number of nitrogens with one attached hydrogen (secondary N) is 1. The van der Waals surface area contributed by atoms with Crippen molar-refractivity contribution in [1.29, 1.82) is 0 Å². The molecule has 6 heteroatoms. The largest absolute Gasteiger partial charge is 0.476 e. The topological polar surface area (TPSA) is 74.7 Å². The molecule has 0 amide bonds. The highest BCUT2D eigenvalue weighted by Crippen LogP contribution is 2.11. The molecule has 0 aliphatic heterocycles. The zero-order valence-electron chi connectivity index (χ0n) is 10.7.